The first-order valence-electron chi connectivity index (χ1n) is 10.8. The summed E-state index contributed by atoms with van der Waals surface area (Å²) in [5.74, 6) is 6.66. The fourth-order valence-electron chi connectivity index (χ4n) is 4.60. The second-order valence-corrected chi connectivity index (χ2v) is 9.91. The number of likely N-dealkylation sites (tertiary alicyclic amines) is 2. The van der Waals surface area contributed by atoms with Crippen LogP contribution in [0.25, 0.3) is 0 Å². The second-order valence-electron chi connectivity index (χ2n) is 8.96. The molecule has 0 bridgehead atoms. The van der Waals surface area contributed by atoms with Crippen LogP contribution >= 0.6 is 11.3 Å². The summed E-state index contributed by atoms with van der Waals surface area (Å²) in [7, 11) is 0. The molecule has 2 aliphatic heterocycles. The van der Waals surface area contributed by atoms with E-state index in [1.807, 2.05) is 29.6 Å². The van der Waals surface area contributed by atoms with Crippen molar-refractivity contribution >= 4 is 17.2 Å². The number of nitrogens with zero attached hydrogens (tertiary/aromatic N) is 2. The lowest BCUT2D eigenvalue weighted by Gasteiger charge is -2.47. The van der Waals surface area contributed by atoms with Gasteiger partial charge in [-0.05, 0) is 74.7 Å². The van der Waals surface area contributed by atoms with Crippen LogP contribution in [0.15, 0.2) is 41.8 Å². The van der Waals surface area contributed by atoms with Gasteiger partial charge in [-0.3, -0.25) is 9.69 Å². The Balaban J connectivity index is 1.38. The van der Waals surface area contributed by atoms with Crippen LogP contribution in [0, 0.1) is 17.8 Å². The number of hydrogen-bond donors (Lipinski definition) is 1. The van der Waals surface area contributed by atoms with E-state index in [9.17, 15) is 9.90 Å². The molecule has 2 aromatic rings. The van der Waals surface area contributed by atoms with E-state index in [0.29, 0.717) is 12.0 Å². The maximum atomic E-state index is 12.8. The van der Waals surface area contributed by atoms with Gasteiger partial charge in [0.15, 0.2) is 0 Å². The van der Waals surface area contributed by atoms with E-state index in [1.165, 1.54) is 29.7 Å². The topological polar surface area (TPSA) is 43.8 Å². The molecule has 1 N–H and O–H groups in total. The molecule has 1 aromatic heterocycles. The second kappa shape index (κ2) is 8.93. The van der Waals surface area contributed by atoms with Crippen molar-refractivity contribution in [3.8, 4) is 11.8 Å². The van der Waals surface area contributed by atoms with Gasteiger partial charge >= 0.3 is 0 Å². The number of thiophene rings is 1. The molecule has 158 valence electrons. The molecule has 4 rings (SSSR count). The van der Waals surface area contributed by atoms with Crippen LogP contribution in [0.1, 0.15) is 53.9 Å². The average Bonchev–Trinajstić information content (AvgIpc) is 3.27. The number of piperidine rings is 2. The van der Waals surface area contributed by atoms with Crippen molar-refractivity contribution in [2.45, 2.75) is 51.3 Å². The van der Waals surface area contributed by atoms with E-state index in [0.717, 1.165) is 43.0 Å². The molecular formula is C25H30N2O2S. The van der Waals surface area contributed by atoms with Gasteiger partial charge in [-0.1, -0.05) is 30.0 Å². The van der Waals surface area contributed by atoms with Gasteiger partial charge in [-0.2, -0.15) is 0 Å². The SMILES string of the molecule is CC(C)(O)C#Cc1ccc(CN2CCC[C@@H]3CN(C(=O)c4cccs4)CC[C@@H]32)cc1. The third kappa shape index (κ3) is 5.13. The highest BCUT2D eigenvalue weighted by Crippen LogP contribution is 2.32. The van der Waals surface area contributed by atoms with Gasteiger partial charge < -0.3 is 10.0 Å². The Hall–Kier alpha value is -2.13. The van der Waals surface area contributed by atoms with Crippen LogP contribution in [0.3, 0.4) is 0 Å². The molecule has 4 nitrogen and oxygen atoms in total. The van der Waals surface area contributed by atoms with E-state index in [-0.39, 0.29) is 5.91 Å². The van der Waals surface area contributed by atoms with Crippen molar-refractivity contribution in [2.24, 2.45) is 5.92 Å². The third-order valence-corrected chi connectivity index (χ3v) is 6.91. The number of amides is 1. The van der Waals surface area contributed by atoms with Gasteiger partial charge in [-0.25, -0.2) is 0 Å². The minimum absolute atomic E-state index is 0.198. The summed E-state index contributed by atoms with van der Waals surface area (Å²) >= 11 is 1.54. The van der Waals surface area contributed by atoms with Crippen LogP contribution < -0.4 is 0 Å². The largest absolute Gasteiger partial charge is 0.378 e. The predicted molar refractivity (Wildman–Crippen MR) is 121 cm³/mol. The van der Waals surface area contributed by atoms with Crippen molar-refractivity contribution in [1.82, 2.24) is 9.80 Å². The molecule has 30 heavy (non-hydrogen) atoms. The Labute approximate surface area is 183 Å². The number of rotatable bonds is 3. The van der Waals surface area contributed by atoms with Gasteiger partial charge in [0.25, 0.3) is 5.91 Å². The lowest BCUT2D eigenvalue weighted by molar-refractivity contribution is 0.0177. The number of carbonyl (C=O) groups excluding carboxylic acids is 1. The third-order valence-electron chi connectivity index (χ3n) is 6.05. The molecule has 1 aromatic carbocycles. The summed E-state index contributed by atoms with van der Waals surface area (Å²) in [5, 5.41) is 11.7. The van der Waals surface area contributed by atoms with Crippen molar-refractivity contribution < 1.29 is 9.90 Å². The Morgan fingerprint density at radius 3 is 2.70 bits per heavy atom. The molecule has 0 radical (unpaired) electrons. The summed E-state index contributed by atoms with van der Waals surface area (Å²) in [5.41, 5.74) is 1.25. The Bertz CT molecular complexity index is 919. The van der Waals surface area contributed by atoms with Crippen molar-refractivity contribution in [3.63, 3.8) is 0 Å². The van der Waals surface area contributed by atoms with Gasteiger partial charge in [-0.15, -0.1) is 11.3 Å². The fourth-order valence-corrected chi connectivity index (χ4v) is 5.29. The van der Waals surface area contributed by atoms with Gasteiger partial charge in [0.1, 0.15) is 5.60 Å². The summed E-state index contributed by atoms with van der Waals surface area (Å²) in [4.78, 5) is 18.3. The van der Waals surface area contributed by atoms with Gasteiger partial charge in [0.2, 0.25) is 0 Å². The number of aliphatic hydroxyl groups is 1. The highest BCUT2D eigenvalue weighted by molar-refractivity contribution is 7.12. The average molecular weight is 423 g/mol. The highest BCUT2D eigenvalue weighted by Gasteiger charge is 2.37. The molecule has 3 heterocycles. The van der Waals surface area contributed by atoms with Crippen molar-refractivity contribution in [2.75, 3.05) is 19.6 Å². The van der Waals surface area contributed by atoms with Crippen LogP contribution in [0.2, 0.25) is 0 Å². The molecule has 2 atom stereocenters. The van der Waals surface area contributed by atoms with E-state index in [2.05, 4.69) is 33.8 Å². The normalized spacial score (nSPS) is 22.2. The molecule has 2 saturated heterocycles. The summed E-state index contributed by atoms with van der Waals surface area (Å²) < 4.78 is 0. The first-order chi connectivity index (χ1) is 14.4. The monoisotopic (exact) mass is 422 g/mol. The van der Waals surface area contributed by atoms with Gasteiger partial charge in [0.05, 0.1) is 4.88 Å². The minimum Gasteiger partial charge on any atom is -0.378 e. The van der Waals surface area contributed by atoms with Crippen LogP contribution in [0.4, 0.5) is 0 Å². The number of benzene rings is 1. The molecule has 2 fully saturated rings. The fraction of sp³-hybridized carbons (Fsp3) is 0.480. The Kier molecular flexibility index (Phi) is 6.29. The van der Waals surface area contributed by atoms with Crippen molar-refractivity contribution in [3.05, 3.63) is 57.8 Å². The summed E-state index contributed by atoms with van der Waals surface area (Å²) in [6, 6.07) is 12.8. The zero-order valence-electron chi connectivity index (χ0n) is 17.8. The molecule has 1 amide bonds. The minimum atomic E-state index is -0.971. The quantitative estimate of drug-likeness (QED) is 0.761. The molecule has 0 spiro atoms. The van der Waals surface area contributed by atoms with Crippen LogP contribution in [-0.4, -0.2) is 52.1 Å². The summed E-state index contributed by atoms with van der Waals surface area (Å²) in [6.07, 6.45) is 3.45. The molecule has 2 aliphatic rings. The maximum absolute atomic E-state index is 12.8. The number of carbonyl (C=O) groups is 1. The van der Waals surface area contributed by atoms with E-state index < -0.39 is 5.60 Å². The highest BCUT2D eigenvalue weighted by atomic mass is 32.1. The van der Waals surface area contributed by atoms with Crippen LogP contribution in [-0.2, 0) is 6.54 Å². The molecule has 0 saturated carbocycles. The zero-order valence-corrected chi connectivity index (χ0v) is 18.6. The molecule has 5 heteroatoms. The maximum Gasteiger partial charge on any atom is 0.263 e. The van der Waals surface area contributed by atoms with E-state index in [4.69, 9.17) is 0 Å². The first kappa shape index (κ1) is 21.1. The van der Waals surface area contributed by atoms with Gasteiger partial charge in [0, 0.05) is 31.2 Å². The van der Waals surface area contributed by atoms with E-state index in [1.54, 1.807) is 13.8 Å². The first-order valence-corrected chi connectivity index (χ1v) is 11.7. The van der Waals surface area contributed by atoms with E-state index >= 15 is 0 Å². The Morgan fingerprint density at radius 2 is 2.00 bits per heavy atom. The zero-order chi connectivity index (χ0) is 21.1. The van der Waals surface area contributed by atoms with Crippen LogP contribution in [0.5, 0.6) is 0 Å². The van der Waals surface area contributed by atoms with Crippen molar-refractivity contribution in [1.29, 1.82) is 0 Å². The number of fused-ring (bicyclic) bond motifs is 1. The molecule has 0 unspecified atom stereocenters. The number of hydrogen-bond acceptors (Lipinski definition) is 4. The lowest BCUT2D eigenvalue weighted by Crippen LogP contribution is -2.54. The lowest BCUT2D eigenvalue weighted by atomic mass is 9.83. The smallest absolute Gasteiger partial charge is 0.263 e. The Morgan fingerprint density at radius 1 is 1.20 bits per heavy atom. The standard InChI is InChI=1S/C25H30N2O2S/c1-25(2,29)13-11-19-7-9-20(10-8-19)17-26-14-3-5-21-18-27(15-12-22(21)26)24(28)23-6-4-16-30-23/h4,6-10,16,21-22,29H,3,5,12,14-15,17-18H2,1-2H3/t21-,22+/m1/s1. The predicted octanol–water partition coefficient (Wildman–Crippen LogP) is 4.00. The molecular weight excluding hydrogens is 392 g/mol. The molecule has 0 aliphatic carbocycles. The summed E-state index contributed by atoms with van der Waals surface area (Å²) in [6.45, 7) is 7.18.